The molecule has 0 radical (unpaired) electrons. The van der Waals surface area contributed by atoms with E-state index in [0.717, 1.165) is 17.9 Å². The lowest BCUT2D eigenvalue weighted by molar-refractivity contribution is 0.101. The minimum Gasteiger partial charge on any atom is -0.311 e. The van der Waals surface area contributed by atoms with Crippen molar-refractivity contribution in [2.45, 2.75) is 65.0 Å². The molecule has 2 aliphatic rings. The van der Waals surface area contributed by atoms with Crippen molar-refractivity contribution in [3.8, 4) is 0 Å². The molecule has 2 nitrogen and oxygen atoms in total. The van der Waals surface area contributed by atoms with Gasteiger partial charge in [0, 0.05) is 31.7 Å². The number of rotatable bonds is 4. The Morgan fingerprint density at radius 1 is 1.24 bits per heavy atom. The van der Waals surface area contributed by atoms with E-state index in [-0.39, 0.29) is 0 Å². The third kappa shape index (κ3) is 3.96. The molecule has 1 saturated carbocycles. The van der Waals surface area contributed by atoms with Crippen LogP contribution in [0.25, 0.3) is 0 Å². The molecular formula is C15H30N2. The minimum atomic E-state index is 0.680. The standard InChI is InChI=1S/C15H30N2/c1-12(2)8-15-9-16-13(3)10-17(15)11-14-6-4-5-7-14/h12-16H,4-11H2,1-3H3. The van der Waals surface area contributed by atoms with Gasteiger partial charge in [0.05, 0.1) is 0 Å². The highest BCUT2D eigenvalue weighted by Gasteiger charge is 2.28. The van der Waals surface area contributed by atoms with Crippen molar-refractivity contribution in [2.75, 3.05) is 19.6 Å². The van der Waals surface area contributed by atoms with Crippen molar-refractivity contribution in [1.29, 1.82) is 0 Å². The molecule has 0 aromatic carbocycles. The van der Waals surface area contributed by atoms with E-state index in [1.165, 1.54) is 51.7 Å². The third-order valence-corrected chi connectivity index (χ3v) is 4.44. The fourth-order valence-corrected chi connectivity index (χ4v) is 3.56. The van der Waals surface area contributed by atoms with Crippen LogP contribution in [0.1, 0.15) is 52.9 Å². The van der Waals surface area contributed by atoms with Crippen LogP contribution in [-0.2, 0) is 0 Å². The van der Waals surface area contributed by atoms with Gasteiger partial charge in [-0.3, -0.25) is 4.90 Å². The van der Waals surface area contributed by atoms with Gasteiger partial charge in [0.15, 0.2) is 0 Å². The SMILES string of the molecule is CC(C)CC1CNC(C)CN1CC1CCCC1. The molecule has 0 aromatic rings. The minimum absolute atomic E-state index is 0.680. The van der Waals surface area contributed by atoms with Crippen molar-refractivity contribution in [2.24, 2.45) is 11.8 Å². The van der Waals surface area contributed by atoms with Gasteiger partial charge >= 0.3 is 0 Å². The number of hydrogen-bond donors (Lipinski definition) is 1. The normalized spacial score (nSPS) is 32.5. The average molecular weight is 238 g/mol. The molecule has 2 rings (SSSR count). The molecule has 100 valence electrons. The van der Waals surface area contributed by atoms with E-state index >= 15 is 0 Å². The molecule has 2 unspecified atom stereocenters. The summed E-state index contributed by atoms with van der Waals surface area (Å²) in [5.41, 5.74) is 0. The number of nitrogens with one attached hydrogen (secondary N) is 1. The maximum Gasteiger partial charge on any atom is 0.0223 e. The molecule has 1 heterocycles. The largest absolute Gasteiger partial charge is 0.311 e. The van der Waals surface area contributed by atoms with Crippen LogP contribution < -0.4 is 5.32 Å². The molecule has 1 aliphatic carbocycles. The quantitative estimate of drug-likeness (QED) is 0.810. The number of nitrogens with zero attached hydrogens (tertiary/aromatic N) is 1. The van der Waals surface area contributed by atoms with Crippen LogP contribution in [0.3, 0.4) is 0 Å². The summed E-state index contributed by atoms with van der Waals surface area (Å²) >= 11 is 0. The van der Waals surface area contributed by atoms with Crippen molar-refractivity contribution in [3.63, 3.8) is 0 Å². The Kier molecular flexibility index (Phi) is 4.87. The topological polar surface area (TPSA) is 15.3 Å². The summed E-state index contributed by atoms with van der Waals surface area (Å²) < 4.78 is 0. The van der Waals surface area contributed by atoms with Crippen LogP contribution in [0.4, 0.5) is 0 Å². The molecule has 1 N–H and O–H groups in total. The molecule has 1 aliphatic heterocycles. The Labute approximate surface area is 107 Å². The Morgan fingerprint density at radius 2 is 1.94 bits per heavy atom. The first kappa shape index (κ1) is 13.4. The highest BCUT2D eigenvalue weighted by molar-refractivity contribution is 4.86. The monoisotopic (exact) mass is 238 g/mol. The van der Waals surface area contributed by atoms with Gasteiger partial charge in [0.1, 0.15) is 0 Å². The number of hydrogen-bond acceptors (Lipinski definition) is 2. The second-order valence-electron chi connectivity index (χ2n) is 6.70. The Balaban J connectivity index is 1.88. The smallest absolute Gasteiger partial charge is 0.0223 e. The summed E-state index contributed by atoms with van der Waals surface area (Å²) in [5, 5.41) is 3.65. The molecule has 0 amide bonds. The molecular weight excluding hydrogens is 208 g/mol. The Morgan fingerprint density at radius 3 is 2.59 bits per heavy atom. The third-order valence-electron chi connectivity index (χ3n) is 4.44. The van der Waals surface area contributed by atoms with Crippen molar-refractivity contribution < 1.29 is 0 Å². The molecule has 0 bridgehead atoms. The maximum atomic E-state index is 3.65. The van der Waals surface area contributed by atoms with Crippen LogP contribution in [0.2, 0.25) is 0 Å². The molecule has 2 fully saturated rings. The van der Waals surface area contributed by atoms with E-state index in [9.17, 15) is 0 Å². The highest BCUT2D eigenvalue weighted by Crippen LogP contribution is 2.27. The van der Waals surface area contributed by atoms with Crippen molar-refractivity contribution in [1.82, 2.24) is 10.2 Å². The average Bonchev–Trinajstić information content (AvgIpc) is 2.74. The summed E-state index contributed by atoms with van der Waals surface area (Å²) in [5.74, 6) is 1.82. The summed E-state index contributed by atoms with van der Waals surface area (Å²) in [4.78, 5) is 2.79. The van der Waals surface area contributed by atoms with Gasteiger partial charge in [0.25, 0.3) is 0 Å². The number of piperazine rings is 1. The predicted molar refractivity (Wildman–Crippen MR) is 74.2 cm³/mol. The lowest BCUT2D eigenvalue weighted by atomic mass is 9.97. The summed E-state index contributed by atoms with van der Waals surface area (Å²) in [7, 11) is 0. The zero-order chi connectivity index (χ0) is 12.3. The van der Waals surface area contributed by atoms with E-state index in [1.807, 2.05) is 0 Å². The van der Waals surface area contributed by atoms with Crippen molar-refractivity contribution >= 4 is 0 Å². The zero-order valence-electron chi connectivity index (χ0n) is 11.9. The van der Waals surface area contributed by atoms with Crippen LogP contribution >= 0.6 is 0 Å². The Bertz CT molecular complexity index is 221. The van der Waals surface area contributed by atoms with Gasteiger partial charge in [-0.2, -0.15) is 0 Å². The summed E-state index contributed by atoms with van der Waals surface area (Å²) in [6, 6.07) is 1.46. The van der Waals surface area contributed by atoms with Gasteiger partial charge < -0.3 is 5.32 Å². The lowest BCUT2D eigenvalue weighted by Gasteiger charge is -2.41. The summed E-state index contributed by atoms with van der Waals surface area (Å²) in [6.45, 7) is 10.9. The van der Waals surface area contributed by atoms with Crippen LogP contribution in [0, 0.1) is 11.8 Å². The highest BCUT2D eigenvalue weighted by atomic mass is 15.2. The van der Waals surface area contributed by atoms with Crippen LogP contribution in [0.5, 0.6) is 0 Å². The van der Waals surface area contributed by atoms with Gasteiger partial charge in [-0.05, 0) is 38.0 Å². The Hall–Kier alpha value is -0.0800. The first-order valence-electron chi connectivity index (χ1n) is 7.62. The van der Waals surface area contributed by atoms with E-state index in [1.54, 1.807) is 0 Å². The van der Waals surface area contributed by atoms with E-state index in [2.05, 4.69) is 31.0 Å². The van der Waals surface area contributed by atoms with Crippen molar-refractivity contribution in [3.05, 3.63) is 0 Å². The fraction of sp³-hybridized carbons (Fsp3) is 1.00. The predicted octanol–water partition coefficient (Wildman–Crippen LogP) is 2.89. The van der Waals surface area contributed by atoms with Gasteiger partial charge in [0.2, 0.25) is 0 Å². The molecule has 1 saturated heterocycles. The summed E-state index contributed by atoms with van der Waals surface area (Å²) in [6.07, 6.45) is 7.26. The second kappa shape index (κ2) is 6.19. The van der Waals surface area contributed by atoms with Crippen LogP contribution in [-0.4, -0.2) is 36.6 Å². The van der Waals surface area contributed by atoms with Gasteiger partial charge in [-0.25, -0.2) is 0 Å². The first-order valence-corrected chi connectivity index (χ1v) is 7.62. The maximum absolute atomic E-state index is 3.65. The first-order chi connectivity index (χ1) is 8.15. The van der Waals surface area contributed by atoms with E-state index in [4.69, 9.17) is 0 Å². The molecule has 17 heavy (non-hydrogen) atoms. The molecule has 2 heteroatoms. The second-order valence-corrected chi connectivity index (χ2v) is 6.70. The zero-order valence-corrected chi connectivity index (χ0v) is 11.9. The van der Waals surface area contributed by atoms with Crippen LogP contribution in [0.15, 0.2) is 0 Å². The van der Waals surface area contributed by atoms with E-state index in [0.29, 0.717) is 6.04 Å². The molecule has 2 atom stereocenters. The lowest BCUT2D eigenvalue weighted by Crippen LogP contribution is -2.56. The van der Waals surface area contributed by atoms with Gasteiger partial charge in [-0.1, -0.05) is 26.7 Å². The molecule has 0 spiro atoms. The fourth-order valence-electron chi connectivity index (χ4n) is 3.56. The molecule has 0 aromatic heterocycles. The van der Waals surface area contributed by atoms with Gasteiger partial charge in [-0.15, -0.1) is 0 Å². The van der Waals surface area contributed by atoms with E-state index < -0.39 is 0 Å².